The summed E-state index contributed by atoms with van der Waals surface area (Å²) in [6.07, 6.45) is 0. The number of aromatic amines is 1. The first kappa shape index (κ1) is 17.8. The second kappa shape index (κ2) is 7.88. The summed E-state index contributed by atoms with van der Waals surface area (Å²) >= 11 is 0. The van der Waals surface area contributed by atoms with Gasteiger partial charge in [0.2, 0.25) is 0 Å². The molecule has 2 aromatic carbocycles. The van der Waals surface area contributed by atoms with Crippen LogP contribution in [0.2, 0.25) is 0 Å². The number of nitrogens with one attached hydrogen (secondary N) is 1. The van der Waals surface area contributed by atoms with Crippen molar-refractivity contribution in [3.05, 3.63) is 53.9 Å². The number of methoxy groups -OCH3 is 2. The fourth-order valence-corrected chi connectivity index (χ4v) is 2.61. The van der Waals surface area contributed by atoms with E-state index < -0.39 is 6.04 Å². The zero-order valence-electron chi connectivity index (χ0n) is 15.0. The van der Waals surface area contributed by atoms with Gasteiger partial charge in [-0.1, -0.05) is 18.2 Å². The lowest BCUT2D eigenvalue weighted by Crippen LogP contribution is -2.14. The lowest BCUT2D eigenvalue weighted by Gasteiger charge is -2.13. The number of nitrogens with two attached hydrogens (primary N) is 1. The zero-order valence-corrected chi connectivity index (χ0v) is 15.0. The van der Waals surface area contributed by atoms with Crippen LogP contribution in [0, 0.1) is 0 Å². The number of benzene rings is 2. The Bertz CT molecular complexity index is 879. The molecule has 1 heterocycles. The molecule has 3 rings (SSSR count). The van der Waals surface area contributed by atoms with E-state index in [1.54, 1.807) is 14.2 Å². The van der Waals surface area contributed by atoms with Crippen molar-refractivity contribution < 1.29 is 14.2 Å². The standard InChI is InChI=1S/C19H22N4O3/c1-4-26-15-9-8-12(11-16(15)25-3)17(20)19-21-18(22-23-19)13-6-5-7-14(10-13)24-2/h5-11,17H,4,20H2,1-3H3,(H,21,22,23)/t17-/m0/s1. The van der Waals surface area contributed by atoms with Gasteiger partial charge in [-0.05, 0) is 36.8 Å². The Morgan fingerprint density at radius 2 is 1.92 bits per heavy atom. The molecule has 0 aliphatic heterocycles. The van der Waals surface area contributed by atoms with Crippen LogP contribution in [0.15, 0.2) is 42.5 Å². The first-order chi connectivity index (χ1) is 12.7. The quantitative estimate of drug-likeness (QED) is 0.677. The van der Waals surface area contributed by atoms with Crippen LogP contribution >= 0.6 is 0 Å². The maximum absolute atomic E-state index is 6.36. The van der Waals surface area contributed by atoms with Crippen molar-refractivity contribution in [1.29, 1.82) is 0 Å². The van der Waals surface area contributed by atoms with Gasteiger partial charge in [0.05, 0.1) is 26.9 Å². The molecule has 3 aromatic rings. The van der Waals surface area contributed by atoms with Gasteiger partial charge in [0.25, 0.3) is 0 Å². The molecular weight excluding hydrogens is 332 g/mol. The molecule has 136 valence electrons. The highest BCUT2D eigenvalue weighted by molar-refractivity contribution is 5.57. The average Bonchev–Trinajstić information content (AvgIpc) is 3.18. The number of nitrogens with zero attached hydrogens (tertiary/aromatic N) is 2. The van der Waals surface area contributed by atoms with Crippen molar-refractivity contribution in [2.24, 2.45) is 5.73 Å². The summed E-state index contributed by atoms with van der Waals surface area (Å²) < 4.78 is 16.2. The number of rotatable bonds is 7. The summed E-state index contributed by atoms with van der Waals surface area (Å²) in [6.45, 7) is 2.49. The van der Waals surface area contributed by atoms with Crippen molar-refractivity contribution in [3.8, 4) is 28.6 Å². The van der Waals surface area contributed by atoms with Gasteiger partial charge in [0.15, 0.2) is 17.3 Å². The molecule has 0 unspecified atom stereocenters. The third kappa shape index (κ3) is 3.62. The van der Waals surface area contributed by atoms with E-state index >= 15 is 0 Å². The van der Waals surface area contributed by atoms with Gasteiger partial charge in [0.1, 0.15) is 11.6 Å². The van der Waals surface area contributed by atoms with Crippen molar-refractivity contribution >= 4 is 0 Å². The summed E-state index contributed by atoms with van der Waals surface area (Å²) in [7, 11) is 3.22. The maximum Gasteiger partial charge on any atom is 0.181 e. The number of ether oxygens (including phenoxy) is 3. The molecule has 0 saturated heterocycles. The van der Waals surface area contributed by atoms with Gasteiger partial charge in [0, 0.05) is 5.56 Å². The Labute approximate surface area is 152 Å². The van der Waals surface area contributed by atoms with E-state index in [0.717, 1.165) is 16.9 Å². The zero-order chi connectivity index (χ0) is 18.5. The van der Waals surface area contributed by atoms with E-state index in [9.17, 15) is 0 Å². The van der Waals surface area contributed by atoms with Crippen LogP contribution < -0.4 is 19.9 Å². The minimum absolute atomic E-state index is 0.466. The third-order valence-electron chi connectivity index (χ3n) is 3.97. The summed E-state index contributed by atoms with van der Waals surface area (Å²) in [5.41, 5.74) is 8.05. The van der Waals surface area contributed by atoms with Crippen molar-refractivity contribution in [3.63, 3.8) is 0 Å². The predicted octanol–water partition coefficient (Wildman–Crippen LogP) is 2.94. The highest BCUT2D eigenvalue weighted by atomic mass is 16.5. The highest BCUT2D eigenvalue weighted by Gasteiger charge is 2.17. The molecule has 3 N–H and O–H groups in total. The van der Waals surface area contributed by atoms with Crippen molar-refractivity contribution in [2.75, 3.05) is 20.8 Å². The number of aromatic nitrogens is 3. The smallest absolute Gasteiger partial charge is 0.181 e. The Balaban J connectivity index is 1.86. The van der Waals surface area contributed by atoms with Crippen molar-refractivity contribution in [1.82, 2.24) is 15.2 Å². The fourth-order valence-electron chi connectivity index (χ4n) is 2.61. The second-order valence-corrected chi connectivity index (χ2v) is 5.60. The van der Waals surface area contributed by atoms with Gasteiger partial charge < -0.3 is 19.9 Å². The van der Waals surface area contributed by atoms with Gasteiger partial charge in [-0.3, -0.25) is 5.10 Å². The highest BCUT2D eigenvalue weighted by Crippen LogP contribution is 2.31. The minimum Gasteiger partial charge on any atom is -0.497 e. The van der Waals surface area contributed by atoms with Crippen LogP contribution in [0.25, 0.3) is 11.4 Å². The summed E-state index contributed by atoms with van der Waals surface area (Å²) in [5.74, 6) is 3.18. The van der Waals surface area contributed by atoms with Gasteiger partial charge >= 0.3 is 0 Å². The lowest BCUT2D eigenvalue weighted by molar-refractivity contribution is 0.310. The SMILES string of the molecule is CCOc1ccc([C@H](N)c2nc(-c3cccc(OC)c3)n[nH]2)cc1OC. The molecule has 0 amide bonds. The minimum atomic E-state index is -0.466. The third-order valence-corrected chi connectivity index (χ3v) is 3.97. The number of H-pyrrole nitrogens is 1. The van der Waals surface area contributed by atoms with Crippen molar-refractivity contribution in [2.45, 2.75) is 13.0 Å². The largest absolute Gasteiger partial charge is 0.497 e. The molecule has 0 spiro atoms. The molecular formula is C19H22N4O3. The lowest BCUT2D eigenvalue weighted by atomic mass is 10.1. The van der Waals surface area contributed by atoms with Crippen LogP contribution in [-0.4, -0.2) is 36.0 Å². The van der Waals surface area contributed by atoms with E-state index in [1.807, 2.05) is 49.4 Å². The topological polar surface area (TPSA) is 95.3 Å². The first-order valence-electron chi connectivity index (χ1n) is 8.29. The van der Waals surface area contributed by atoms with Crippen LogP contribution in [0.5, 0.6) is 17.2 Å². The van der Waals surface area contributed by atoms with E-state index in [2.05, 4.69) is 15.2 Å². The molecule has 26 heavy (non-hydrogen) atoms. The molecule has 0 saturated carbocycles. The summed E-state index contributed by atoms with van der Waals surface area (Å²) in [4.78, 5) is 4.53. The Hall–Kier alpha value is -3.06. The summed E-state index contributed by atoms with van der Waals surface area (Å²) in [6, 6.07) is 12.7. The monoisotopic (exact) mass is 354 g/mol. The molecule has 0 aliphatic rings. The normalized spacial score (nSPS) is 11.8. The van der Waals surface area contributed by atoms with Crippen LogP contribution in [0.4, 0.5) is 0 Å². The second-order valence-electron chi connectivity index (χ2n) is 5.60. The van der Waals surface area contributed by atoms with E-state index in [1.165, 1.54) is 0 Å². The molecule has 1 aromatic heterocycles. The Morgan fingerprint density at radius 3 is 2.65 bits per heavy atom. The van der Waals surface area contributed by atoms with E-state index in [4.69, 9.17) is 19.9 Å². The molecule has 0 radical (unpaired) electrons. The maximum atomic E-state index is 6.36. The van der Waals surface area contributed by atoms with Gasteiger partial charge in [-0.15, -0.1) is 0 Å². The van der Waals surface area contributed by atoms with Gasteiger partial charge in [-0.25, -0.2) is 4.98 Å². The van der Waals surface area contributed by atoms with Crippen LogP contribution in [0.3, 0.4) is 0 Å². The molecule has 0 aliphatic carbocycles. The van der Waals surface area contributed by atoms with Gasteiger partial charge in [-0.2, -0.15) is 5.10 Å². The van der Waals surface area contributed by atoms with Crippen LogP contribution in [0.1, 0.15) is 24.4 Å². The molecule has 7 heteroatoms. The average molecular weight is 354 g/mol. The predicted molar refractivity (Wildman–Crippen MR) is 98.6 cm³/mol. The first-order valence-corrected chi connectivity index (χ1v) is 8.29. The Kier molecular flexibility index (Phi) is 5.38. The number of hydrogen-bond acceptors (Lipinski definition) is 6. The van der Waals surface area contributed by atoms with E-state index in [0.29, 0.717) is 29.8 Å². The fraction of sp³-hybridized carbons (Fsp3) is 0.263. The molecule has 1 atom stereocenters. The molecule has 7 nitrogen and oxygen atoms in total. The van der Waals surface area contributed by atoms with Crippen LogP contribution in [-0.2, 0) is 0 Å². The summed E-state index contributed by atoms with van der Waals surface area (Å²) in [5, 5.41) is 7.19. The molecule has 0 bridgehead atoms. The Morgan fingerprint density at radius 1 is 1.08 bits per heavy atom. The number of hydrogen-bond donors (Lipinski definition) is 2. The van der Waals surface area contributed by atoms with E-state index in [-0.39, 0.29) is 0 Å². The molecule has 0 fully saturated rings.